The van der Waals surface area contributed by atoms with Crippen LogP contribution in [0.1, 0.15) is 31.9 Å². The number of hydrogen-bond acceptors (Lipinski definition) is 3. The van der Waals surface area contributed by atoms with Gasteiger partial charge in [-0.05, 0) is 30.0 Å². The molecule has 134 valence electrons. The van der Waals surface area contributed by atoms with Gasteiger partial charge in [-0.25, -0.2) is 9.98 Å². The van der Waals surface area contributed by atoms with Gasteiger partial charge in [-0.2, -0.15) is 0 Å². The quantitative estimate of drug-likeness (QED) is 0.571. The minimum absolute atomic E-state index is 0.513. The fourth-order valence-electron chi connectivity index (χ4n) is 2.17. The highest BCUT2D eigenvalue weighted by atomic mass is 16.5. The van der Waals surface area contributed by atoms with E-state index in [0.717, 1.165) is 30.2 Å². The number of pyridine rings is 1. The lowest BCUT2D eigenvalue weighted by molar-refractivity contribution is 0.293. The summed E-state index contributed by atoms with van der Waals surface area (Å²) in [4.78, 5) is 8.90. The molecule has 2 N–H and O–H groups in total. The fourth-order valence-corrected chi connectivity index (χ4v) is 2.17. The lowest BCUT2D eigenvalue weighted by Gasteiger charge is -2.13. The summed E-state index contributed by atoms with van der Waals surface area (Å²) in [5.41, 5.74) is 2.19. The molecule has 1 aromatic heterocycles. The van der Waals surface area contributed by atoms with Crippen molar-refractivity contribution in [2.24, 2.45) is 10.9 Å². The number of nitrogens with one attached hydrogen (secondary N) is 2. The zero-order valence-electron chi connectivity index (χ0n) is 15.3. The molecule has 0 saturated heterocycles. The molecule has 0 aliphatic carbocycles. The van der Waals surface area contributed by atoms with E-state index >= 15 is 0 Å². The van der Waals surface area contributed by atoms with Gasteiger partial charge in [0.2, 0.25) is 5.88 Å². The van der Waals surface area contributed by atoms with Crippen LogP contribution in [0.3, 0.4) is 0 Å². The van der Waals surface area contributed by atoms with Gasteiger partial charge in [-0.1, -0.05) is 44.2 Å². The monoisotopic (exact) mass is 340 g/mol. The summed E-state index contributed by atoms with van der Waals surface area (Å²) in [5, 5.41) is 6.61. The molecule has 2 aromatic rings. The molecule has 0 amide bonds. The standard InChI is InChI=1S/C20H28N4O/c1-4-21-20(23-13-16(2)3)24-14-18-10-11-22-19(12-18)25-15-17-8-6-5-7-9-17/h5-12,16H,4,13-15H2,1-3H3,(H2,21,23,24). The summed E-state index contributed by atoms with van der Waals surface area (Å²) in [5.74, 6) is 2.03. The molecular weight excluding hydrogens is 312 g/mol. The van der Waals surface area contributed by atoms with Crippen molar-refractivity contribution in [3.8, 4) is 5.88 Å². The molecule has 5 heteroatoms. The Kier molecular flexibility index (Phi) is 7.76. The minimum atomic E-state index is 0.513. The van der Waals surface area contributed by atoms with E-state index in [0.29, 0.717) is 24.9 Å². The minimum Gasteiger partial charge on any atom is -0.473 e. The normalized spacial score (nSPS) is 11.4. The van der Waals surface area contributed by atoms with Crippen LogP contribution in [0.25, 0.3) is 0 Å². The van der Waals surface area contributed by atoms with Crippen LogP contribution in [-0.2, 0) is 13.2 Å². The van der Waals surface area contributed by atoms with Gasteiger partial charge in [0.25, 0.3) is 0 Å². The van der Waals surface area contributed by atoms with Gasteiger partial charge in [0.15, 0.2) is 5.96 Å². The molecule has 5 nitrogen and oxygen atoms in total. The van der Waals surface area contributed by atoms with Gasteiger partial charge in [0, 0.05) is 25.4 Å². The van der Waals surface area contributed by atoms with Crippen LogP contribution in [0.15, 0.2) is 53.7 Å². The first-order valence-electron chi connectivity index (χ1n) is 8.81. The van der Waals surface area contributed by atoms with Crippen LogP contribution in [0.4, 0.5) is 0 Å². The first kappa shape index (κ1) is 18.8. The van der Waals surface area contributed by atoms with Gasteiger partial charge < -0.3 is 15.4 Å². The Bertz CT molecular complexity index is 656. The Morgan fingerprint density at radius 1 is 1.12 bits per heavy atom. The number of guanidine groups is 1. The van der Waals surface area contributed by atoms with Crippen LogP contribution in [0.5, 0.6) is 5.88 Å². The zero-order chi connectivity index (χ0) is 17.9. The lowest BCUT2D eigenvalue weighted by atomic mass is 10.2. The molecule has 0 radical (unpaired) electrons. The predicted octanol–water partition coefficient (Wildman–Crippen LogP) is 3.37. The Labute approximate surface area is 150 Å². The number of nitrogens with zero attached hydrogens (tertiary/aromatic N) is 2. The maximum Gasteiger partial charge on any atom is 0.213 e. The summed E-state index contributed by atoms with van der Waals surface area (Å²) in [6.45, 7) is 9.25. The van der Waals surface area contributed by atoms with Crippen LogP contribution in [-0.4, -0.2) is 24.0 Å². The fraction of sp³-hybridized carbons (Fsp3) is 0.400. The third-order valence-electron chi connectivity index (χ3n) is 3.47. The SMILES string of the molecule is CCNC(=NCc1ccnc(OCc2ccccc2)c1)NCC(C)C. The maximum absolute atomic E-state index is 5.78. The van der Waals surface area contributed by atoms with Gasteiger partial charge >= 0.3 is 0 Å². The topological polar surface area (TPSA) is 58.5 Å². The molecule has 2 rings (SSSR count). The molecule has 0 atom stereocenters. The zero-order valence-corrected chi connectivity index (χ0v) is 15.3. The molecule has 25 heavy (non-hydrogen) atoms. The average Bonchev–Trinajstić information content (AvgIpc) is 2.63. The van der Waals surface area contributed by atoms with Gasteiger partial charge in [-0.3, -0.25) is 0 Å². The van der Waals surface area contributed by atoms with Crippen molar-refractivity contribution in [1.29, 1.82) is 0 Å². The van der Waals surface area contributed by atoms with E-state index in [1.165, 1.54) is 0 Å². The van der Waals surface area contributed by atoms with Crippen molar-refractivity contribution in [2.45, 2.75) is 33.9 Å². The van der Waals surface area contributed by atoms with E-state index in [4.69, 9.17) is 4.74 Å². The highest BCUT2D eigenvalue weighted by Gasteiger charge is 2.02. The molecular formula is C20H28N4O. The maximum atomic E-state index is 5.78. The number of aromatic nitrogens is 1. The lowest BCUT2D eigenvalue weighted by Crippen LogP contribution is -2.39. The van der Waals surface area contributed by atoms with E-state index in [9.17, 15) is 0 Å². The predicted molar refractivity (Wildman–Crippen MR) is 103 cm³/mol. The Hall–Kier alpha value is -2.56. The third kappa shape index (κ3) is 7.25. The summed E-state index contributed by atoms with van der Waals surface area (Å²) in [6.07, 6.45) is 1.76. The second kappa shape index (κ2) is 10.3. The molecule has 0 saturated carbocycles. The van der Waals surface area contributed by atoms with Gasteiger partial charge in [0.05, 0.1) is 6.54 Å². The Balaban J connectivity index is 1.93. The number of benzene rings is 1. The van der Waals surface area contributed by atoms with Crippen molar-refractivity contribution in [3.05, 3.63) is 59.8 Å². The number of ether oxygens (including phenoxy) is 1. The molecule has 0 fully saturated rings. The molecule has 0 aliphatic rings. The average molecular weight is 340 g/mol. The van der Waals surface area contributed by atoms with Gasteiger partial charge in [-0.15, -0.1) is 0 Å². The van der Waals surface area contributed by atoms with E-state index in [-0.39, 0.29) is 0 Å². The van der Waals surface area contributed by atoms with Crippen LogP contribution in [0, 0.1) is 5.92 Å². The second-order valence-electron chi connectivity index (χ2n) is 6.25. The van der Waals surface area contributed by atoms with Crippen molar-refractivity contribution < 1.29 is 4.74 Å². The van der Waals surface area contributed by atoms with E-state index in [2.05, 4.69) is 41.4 Å². The van der Waals surface area contributed by atoms with Crippen LogP contribution >= 0.6 is 0 Å². The Morgan fingerprint density at radius 2 is 1.92 bits per heavy atom. The first-order chi connectivity index (χ1) is 12.2. The molecule has 0 aliphatic heterocycles. The molecule has 0 spiro atoms. The third-order valence-corrected chi connectivity index (χ3v) is 3.47. The van der Waals surface area contributed by atoms with E-state index in [1.807, 2.05) is 42.5 Å². The number of rotatable bonds is 8. The molecule has 0 bridgehead atoms. The summed E-state index contributed by atoms with van der Waals surface area (Å²) in [7, 11) is 0. The summed E-state index contributed by atoms with van der Waals surface area (Å²) >= 11 is 0. The second-order valence-corrected chi connectivity index (χ2v) is 6.25. The Morgan fingerprint density at radius 3 is 2.64 bits per heavy atom. The number of aliphatic imine (C=N–C) groups is 1. The van der Waals surface area contributed by atoms with Crippen molar-refractivity contribution in [3.63, 3.8) is 0 Å². The van der Waals surface area contributed by atoms with Crippen LogP contribution < -0.4 is 15.4 Å². The summed E-state index contributed by atoms with van der Waals surface area (Å²) in [6, 6.07) is 14.0. The smallest absolute Gasteiger partial charge is 0.213 e. The van der Waals surface area contributed by atoms with Gasteiger partial charge in [0.1, 0.15) is 6.61 Å². The highest BCUT2D eigenvalue weighted by Crippen LogP contribution is 2.12. The summed E-state index contributed by atoms with van der Waals surface area (Å²) < 4.78 is 5.78. The van der Waals surface area contributed by atoms with Crippen molar-refractivity contribution >= 4 is 5.96 Å². The molecule has 1 heterocycles. The van der Waals surface area contributed by atoms with Crippen LogP contribution in [0.2, 0.25) is 0 Å². The molecule has 1 aromatic carbocycles. The van der Waals surface area contributed by atoms with E-state index in [1.54, 1.807) is 6.20 Å². The van der Waals surface area contributed by atoms with Crippen molar-refractivity contribution in [2.75, 3.05) is 13.1 Å². The van der Waals surface area contributed by atoms with E-state index < -0.39 is 0 Å². The molecule has 0 unspecified atom stereocenters. The largest absolute Gasteiger partial charge is 0.473 e. The first-order valence-corrected chi connectivity index (χ1v) is 8.81. The highest BCUT2D eigenvalue weighted by molar-refractivity contribution is 5.79. The number of hydrogen-bond donors (Lipinski definition) is 2. The van der Waals surface area contributed by atoms with Crippen molar-refractivity contribution in [1.82, 2.24) is 15.6 Å².